The molecule has 1 aliphatic carbocycles. The minimum atomic E-state index is 0.0806. The summed E-state index contributed by atoms with van der Waals surface area (Å²) in [5.41, 5.74) is 7.36. The summed E-state index contributed by atoms with van der Waals surface area (Å²) in [6.07, 6.45) is 4.86. The second-order valence-corrected chi connectivity index (χ2v) is 9.08. The standard InChI is InChI=1S/C26H27N5O/c1-17-9-11-19(12-10-17)31-23-8-4-5-20(23)24(29-31)26(32)30-15-13-18(14-16-30)25-27-21-6-2-3-7-22(21)28-25/h2-3,6-7,9-12,18H,4-5,8,13-16H2,1H3,(H,27,28). The lowest BCUT2D eigenvalue weighted by Crippen LogP contribution is -2.38. The summed E-state index contributed by atoms with van der Waals surface area (Å²) in [6.45, 7) is 3.57. The van der Waals surface area contributed by atoms with Crippen molar-refractivity contribution in [3.05, 3.63) is 76.9 Å². The summed E-state index contributed by atoms with van der Waals surface area (Å²) < 4.78 is 2.00. The number of nitrogens with one attached hydrogen (secondary N) is 1. The van der Waals surface area contributed by atoms with Crippen molar-refractivity contribution >= 4 is 16.9 Å². The Kier molecular flexibility index (Phi) is 4.59. The Bertz CT molecular complexity index is 1260. The Balaban J connectivity index is 1.22. The number of hydrogen-bond acceptors (Lipinski definition) is 3. The molecule has 0 atom stereocenters. The predicted octanol–water partition coefficient (Wildman–Crippen LogP) is 4.57. The third-order valence-electron chi connectivity index (χ3n) is 6.99. The summed E-state index contributed by atoms with van der Waals surface area (Å²) in [6, 6.07) is 16.5. The highest BCUT2D eigenvalue weighted by Crippen LogP contribution is 2.31. The van der Waals surface area contributed by atoms with Crippen LogP contribution in [0, 0.1) is 6.92 Å². The van der Waals surface area contributed by atoms with Gasteiger partial charge in [0.1, 0.15) is 5.82 Å². The van der Waals surface area contributed by atoms with E-state index in [0.717, 1.165) is 73.3 Å². The topological polar surface area (TPSA) is 66.8 Å². The van der Waals surface area contributed by atoms with Gasteiger partial charge in [0.25, 0.3) is 5.91 Å². The average Bonchev–Trinajstić information content (AvgIpc) is 3.54. The van der Waals surface area contributed by atoms with Gasteiger partial charge in [0, 0.05) is 30.3 Å². The smallest absolute Gasteiger partial charge is 0.274 e. The van der Waals surface area contributed by atoms with E-state index in [-0.39, 0.29) is 5.91 Å². The highest BCUT2D eigenvalue weighted by molar-refractivity contribution is 5.94. The first kappa shape index (κ1) is 19.3. The van der Waals surface area contributed by atoms with Crippen LogP contribution < -0.4 is 0 Å². The van der Waals surface area contributed by atoms with Gasteiger partial charge >= 0.3 is 0 Å². The lowest BCUT2D eigenvalue weighted by molar-refractivity contribution is 0.0703. The van der Waals surface area contributed by atoms with E-state index in [2.05, 4.69) is 42.2 Å². The number of piperidine rings is 1. The van der Waals surface area contributed by atoms with Crippen LogP contribution in [-0.4, -0.2) is 43.6 Å². The molecule has 2 aromatic heterocycles. The molecule has 1 fully saturated rings. The van der Waals surface area contributed by atoms with Crippen molar-refractivity contribution in [3.63, 3.8) is 0 Å². The van der Waals surface area contributed by atoms with Crippen LogP contribution in [0.4, 0.5) is 0 Å². The van der Waals surface area contributed by atoms with Crippen molar-refractivity contribution in [1.29, 1.82) is 0 Å². The molecular formula is C26H27N5O. The van der Waals surface area contributed by atoms with Crippen LogP contribution in [0.2, 0.25) is 0 Å². The number of imidazole rings is 1. The maximum absolute atomic E-state index is 13.5. The van der Waals surface area contributed by atoms with Gasteiger partial charge in [-0.2, -0.15) is 5.10 Å². The third-order valence-corrected chi connectivity index (χ3v) is 6.99. The molecule has 162 valence electrons. The van der Waals surface area contributed by atoms with E-state index in [9.17, 15) is 4.79 Å². The minimum Gasteiger partial charge on any atom is -0.342 e. The van der Waals surface area contributed by atoms with Gasteiger partial charge < -0.3 is 9.88 Å². The van der Waals surface area contributed by atoms with Crippen molar-refractivity contribution in [2.75, 3.05) is 13.1 Å². The van der Waals surface area contributed by atoms with Crippen molar-refractivity contribution in [2.45, 2.75) is 44.9 Å². The fraction of sp³-hybridized carbons (Fsp3) is 0.346. The SMILES string of the molecule is Cc1ccc(-n2nc(C(=O)N3CCC(c4nc5ccccc5[nH]4)CC3)c3c2CCC3)cc1. The molecule has 1 aliphatic heterocycles. The molecule has 4 aromatic rings. The molecule has 0 saturated carbocycles. The van der Waals surface area contributed by atoms with E-state index in [0.29, 0.717) is 11.6 Å². The zero-order valence-electron chi connectivity index (χ0n) is 18.3. The zero-order chi connectivity index (χ0) is 21.7. The van der Waals surface area contributed by atoms with E-state index in [1.54, 1.807) is 0 Å². The maximum atomic E-state index is 13.5. The van der Waals surface area contributed by atoms with E-state index >= 15 is 0 Å². The molecule has 1 N–H and O–H groups in total. The fourth-order valence-corrected chi connectivity index (χ4v) is 5.18. The number of aromatic nitrogens is 4. The normalized spacial score (nSPS) is 16.6. The Labute approximate surface area is 187 Å². The summed E-state index contributed by atoms with van der Waals surface area (Å²) in [5, 5.41) is 4.82. The number of nitrogens with zero attached hydrogens (tertiary/aromatic N) is 4. The first-order valence-electron chi connectivity index (χ1n) is 11.6. The number of fused-ring (bicyclic) bond motifs is 2. The summed E-state index contributed by atoms with van der Waals surface area (Å²) in [5.74, 6) is 1.49. The number of para-hydroxylation sites is 2. The molecule has 32 heavy (non-hydrogen) atoms. The zero-order valence-corrected chi connectivity index (χ0v) is 18.3. The average molecular weight is 426 g/mol. The maximum Gasteiger partial charge on any atom is 0.274 e. The van der Waals surface area contributed by atoms with E-state index < -0.39 is 0 Å². The van der Waals surface area contributed by atoms with Gasteiger partial charge in [-0.1, -0.05) is 29.8 Å². The highest BCUT2D eigenvalue weighted by atomic mass is 16.2. The largest absolute Gasteiger partial charge is 0.342 e. The molecule has 0 unspecified atom stereocenters. The number of amides is 1. The molecular weight excluding hydrogens is 398 g/mol. The number of benzene rings is 2. The van der Waals surface area contributed by atoms with Gasteiger partial charge in [-0.3, -0.25) is 4.79 Å². The number of aromatic amines is 1. The van der Waals surface area contributed by atoms with Gasteiger partial charge in [-0.05, 0) is 63.3 Å². The van der Waals surface area contributed by atoms with E-state index in [4.69, 9.17) is 10.1 Å². The van der Waals surface area contributed by atoms with Crippen LogP contribution in [0.15, 0.2) is 48.5 Å². The molecule has 6 heteroatoms. The molecule has 6 rings (SSSR count). The third kappa shape index (κ3) is 3.22. The van der Waals surface area contributed by atoms with Gasteiger partial charge in [0.2, 0.25) is 0 Å². The molecule has 1 saturated heterocycles. The molecule has 0 bridgehead atoms. The van der Waals surface area contributed by atoms with Crippen molar-refractivity contribution in [2.24, 2.45) is 0 Å². The number of H-pyrrole nitrogens is 1. The van der Waals surface area contributed by atoms with Crippen LogP contribution in [0.25, 0.3) is 16.7 Å². The molecule has 0 radical (unpaired) electrons. The first-order valence-corrected chi connectivity index (χ1v) is 11.6. The molecule has 2 aliphatic rings. The number of carbonyl (C=O) groups excluding carboxylic acids is 1. The van der Waals surface area contributed by atoms with Crippen LogP contribution in [0.3, 0.4) is 0 Å². The Morgan fingerprint density at radius 1 is 1.03 bits per heavy atom. The van der Waals surface area contributed by atoms with Crippen molar-refractivity contribution in [1.82, 2.24) is 24.6 Å². The Hall–Kier alpha value is -3.41. The lowest BCUT2D eigenvalue weighted by atomic mass is 9.96. The molecule has 0 spiro atoms. The molecule has 2 aromatic carbocycles. The van der Waals surface area contributed by atoms with Crippen LogP contribution in [0.5, 0.6) is 0 Å². The quantitative estimate of drug-likeness (QED) is 0.523. The highest BCUT2D eigenvalue weighted by Gasteiger charge is 2.32. The minimum absolute atomic E-state index is 0.0806. The van der Waals surface area contributed by atoms with Crippen LogP contribution in [0.1, 0.15) is 58.3 Å². The Morgan fingerprint density at radius 3 is 2.59 bits per heavy atom. The fourth-order valence-electron chi connectivity index (χ4n) is 5.18. The van der Waals surface area contributed by atoms with Crippen LogP contribution >= 0.6 is 0 Å². The molecule has 6 nitrogen and oxygen atoms in total. The number of rotatable bonds is 3. The molecule has 3 heterocycles. The summed E-state index contributed by atoms with van der Waals surface area (Å²) in [7, 11) is 0. The van der Waals surface area contributed by atoms with Gasteiger partial charge in [-0.15, -0.1) is 0 Å². The first-order chi connectivity index (χ1) is 15.7. The Morgan fingerprint density at radius 2 is 1.81 bits per heavy atom. The predicted molar refractivity (Wildman–Crippen MR) is 124 cm³/mol. The molecule has 1 amide bonds. The number of aryl methyl sites for hydroxylation is 1. The summed E-state index contributed by atoms with van der Waals surface area (Å²) in [4.78, 5) is 23.7. The van der Waals surface area contributed by atoms with Crippen molar-refractivity contribution < 1.29 is 4.79 Å². The second kappa shape index (κ2) is 7.62. The number of likely N-dealkylation sites (tertiary alicyclic amines) is 1. The van der Waals surface area contributed by atoms with E-state index in [1.165, 1.54) is 11.3 Å². The lowest BCUT2D eigenvalue weighted by Gasteiger charge is -2.30. The van der Waals surface area contributed by atoms with Crippen LogP contribution in [-0.2, 0) is 12.8 Å². The van der Waals surface area contributed by atoms with Gasteiger partial charge in [0.05, 0.1) is 16.7 Å². The van der Waals surface area contributed by atoms with E-state index in [1.807, 2.05) is 27.8 Å². The summed E-state index contributed by atoms with van der Waals surface area (Å²) >= 11 is 0. The van der Waals surface area contributed by atoms with Gasteiger partial charge in [0.15, 0.2) is 5.69 Å². The number of carbonyl (C=O) groups is 1. The van der Waals surface area contributed by atoms with Gasteiger partial charge in [-0.25, -0.2) is 9.67 Å². The van der Waals surface area contributed by atoms with Crippen molar-refractivity contribution in [3.8, 4) is 5.69 Å². The number of hydrogen-bond donors (Lipinski definition) is 1. The monoisotopic (exact) mass is 425 g/mol. The second-order valence-electron chi connectivity index (χ2n) is 9.08.